The first-order valence-electron chi connectivity index (χ1n) is 8.50. The molecule has 2 aromatic carbocycles. The molecule has 26 heavy (non-hydrogen) atoms. The topological polar surface area (TPSA) is 75.7 Å². The second kappa shape index (κ2) is 7.99. The molecule has 7 heteroatoms. The van der Waals surface area contributed by atoms with Crippen LogP contribution in [0.15, 0.2) is 65.6 Å². The summed E-state index contributed by atoms with van der Waals surface area (Å²) in [7, 11) is -3.74. The minimum Gasteiger partial charge on any atom is -0.370 e. The molecule has 0 spiro atoms. The molecular formula is C19H22N2O4S. The van der Waals surface area contributed by atoms with E-state index in [1.807, 2.05) is 30.3 Å². The Labute approximate surface area is 153 Å². The number of sulfonamides is 1. The number of nitrogens with zero attached hydrogens (tertiary/aromatic N) is 1. The Hall–Kier alpha value is -2.22. The number of nitrogens with one attached hydrogen (secondary N) is 1. The molecule has 0 saturated carbocycles. The fourth-order valence-corrected chi connectivity index (χ4v) is 4.16. The average Bonchev–Trinajstić information content (AvgIpc) is 2.68. The summed E-state index contributed by atoms with van der Waals surface area (Å²) in [5, 5.41) is 0. The number of amides is 1. The van der Waals surface area contributed by atoms with Gasteiger partial charge in [0.25, 0.3) is 0 Å². The zero-order valence-corrected chi connectivity index (χ0v) is 15.4. The van der Waals surface area contributed by atoms with E-state index in [2.05, 4.69) is 4.72 Å². The highest BCUT2D eigenvalue weighted by atomic mass is 32.2. The average molecular weight is 374 g/mol. The summed E-state index contributed by atoms with van der Waals surface area (Å²) in [6.07, 6.45) is -0.202. The number of ether oxygens (including phenoxy) is 1. The van der Waals surface area contributed by atoms with Crippen LogP contribution in [0, 0.1) is 0 Å². The normalized spacial score (nSPS) is 19.1. The van der Waals surface area contributed by atoms with Crippen molar-refractivity contribution in [2.24, 2.45) is 0 Å². The molecule has 0 aliphatic carbocycles. The predicted molar refractivity (Wildman–Crippen MR) is 97.9 cm³/mol. The lowest BCUT2D eigenvalue weighted by Crippen LogP contribution is -2.51. The third-order valence-electron chi connectivity index (χ3n) is 4.31. The maximum Gasteiger partial charge on any atom is 0.241 e. The third kappa shape index (κ3) is 4.30. The fourth-order valence-electron chi connectivity index (χ4n) is 2.94. The van der Waals surface area contributed by atoms with Crippen LogP contribution in [0.2, 0.25) is 0 Å². The molecule has 3 rings (SSSR count). The van der Waals surface area contributed by atoms with E-state index in [0.717, 1.165) is 5.56 Å². The van der Waals surface area contributed by atoms with Gasteiger partial charge >= 0.3 is 0 Å². The molecule has 1 saturated heterocycles. The number of hydrogen-bond donors (Lipinski definition) is 1. The van der Waals surface area contributed by atoms with E-state index in [9.17, 15) is 13.2 Å². The molecule has 138 valence electrons. The van der Waals surface area contributed by atoms with Gasteiger partial charge in [-0.25, -0.2) is 8.42 Å². The molecule has 0 aromatic heterocycles. The van der Waals surface area contributed by atoms with Crippen LogP contribution < -0.4 is 4.72 Å². The Morgan fingerprint density at radius 3 is 2.38 bits per heavy atom. The molecular weight excluding hydrogens is 352 g/mol. The quantitative estimate of drug-likeness (QED) is 0.868. The first-order chi connectivity index (χ1) is 12.5. The van der Waals surface area contributed by atoms with Crippen LogP contribution in [-0.2, 0) is 19.6 Å². The summed E-state index contributed by atoms with van der Waals surface area (Å²) in [4.78, 5) is 14.5. The monoisotopic (exact) mass is 374 g/mol. The van der Waals surface area contributed by atoms with Crippen molar-refractivity contribution in [2.45, 2.75) is 24.0 Å². The predicted octanol–water partition coefficient (Wildman–Crippen LogP) is 1.95. The van der Waals surface area contributed by atoms with Crippen LogP contribution in [0.1, 0.15) is 18.6 Å². The minimum absolute atomic E-state index is 0.142. The van der Waals surface area contributed by atoms with Gasteiger partial charge in [0.1, 0.15) is 6.10 Å². The van der Waals surface area contributed by atoms with E-state index in [1.165, 1.54) is 12.1 Å². The standard InChI is InChI=1S/C19H22N2O4S/c1-15(20-26(23,24)17-10-6-3-7-11-17)19(22)21-12-13-25-18(14-21)16-8-4-2-5-9-16/h2-11,15,18,20H,12-14H2,1H3/t15-,18?/m0/s1. The molecule has 1 amide bonds. The molecule has 1 fully saturated rings. The summed E-state index contributed by atoms with van der Waals surface area (Å²) in [6, 6.07) is 16.9. The Bertz CT molecular complexity index is 840. The molecule has 6 nitrogen and oxygen atoms in total. The van der Waals surface area contributed by atoms with E-state index in [4.69, 9.17) is 4.74 Å². The van der Waals surface area contributed by atoms with E-state index >= 15 is 0 Å². The molecule has 1 aliphatic heterocycles. The van der Waals surface area contributed by atoms with Gasteiger partial charge in [0, 0.05) is 6.54 Å². The number of carbonyl (C=O) groups excluding carboxylic acids is 1. The van der Waals surface area contributed by atoms with Gasteiger partial charge in [-0.15, -0.1) is 0 Å². The number of hydrogen-bond acceptors (Lipinski definition) is 4. The summed E-state index contributed by atoms with van der Waals surface area (Å²) in [5.41, 5.74) is 1.00. The van der Waals surface area contributed by atoms with E-state index in [-0.39, 0.29) is 16.9 Å². The Morgan fingerprint density at radius 2 is 1.73 bits per heavy atom. The van der Waals surface area contributed by atoms with E-state index in [1.54, 1.807) is 30.0 Å². The Kier molecular flexibility index (Phi) is 5.70. The molecule has 1 unspecified atom stereocenters. The van der Waals surface area contributed by atoms with Crippen LogP contribution >= 0.6 is 0 Å². The van der Waals surface area contributed by atoms with E-state index < -0.39 is 16.1 Å². The SMILES string of the molecule is C[C@H](NS(=O)(=O)c1ccccc1)C(=O)N1CCOC(c2ccccc2)C1. The maximum absolute atomic E-state index is 12.7. The molecule has 1 aliphatic rings. The summed E-state index contributed by atoms with van der Waals surface area (Å²) in [5.74, 6) is -0.256. The zero-order valence-electron chi connectivity index (χ0n) is 14.5. The van der Waals surface area contributed by atoms with Crippen LogP contribution in [-0.4, -0.2) is 45.0 Å². The van der Waals surface area contributed by atoms with Gasteiger partial charge in [-0.3, -0.25) is 4.79 Å². The van der Waals surface area contributed by atoms with Crippen molar-refractivity contribution in [3.05, 3.63) is 66.2 Å². The number of morpholine rings is 1. The van der Waals surface area contributed by atoms with Gasteiger partial charge in [-0.05, 0) is 24.6 Å². The number of rotatable bonds is 5. The first kappa shape index (κ1) is 18.6. The van der Waals surface area contributed by atoms with Crippen molar-refractivity contribution < 1.29 is 17.9 Å². The van der Waals surface area contributed by atoms with Crippen LogP contribution in [0.4, 0.5) is 0 Å². The highest BCUT2D eigenvalue weighted by molar-refractivity contribution is 7.89. The third-order valence-corrected chi connectivity index (χ3v) is 5.86. The highest BCUT2D eigenvalue weighted by Gasteiger charge is 2.30. The first-order valence-corrected chi connectivity index (χ1v) is 9.98. The molecule has 2 aromatic rings. The molecule has 2 atom stereocenters. The summed E-state index contributed by atoms with van der Waals surface area (Å²) < 4.78 is 33.0. The van der Waals surface area contributed by atoms with Crippen LogP contribution in [0.5, 0.6) is 0 Å². The number of benzene rings is 2. The lowest BCUT2D eigenvalue weighted by molar-refractivity contribution is -0.140. The second-order valence-corrected chi connectivity index (χ2v) is 7.92. The van der Waals surface area contributed by atoms with Crippen molar-refractivity contribution in [1.29, 1.82) is 0 Å². The Morgan fingerprint density at radius 1 is 1.12 bits per heavy atom. The van der Waals surface area contributed by atoms with Gasteiger partial charge in [0.05, 0.1) is 24.1 Å². The highest BCUT2D eigenvalue weighted by Crippen LogP contribution is 2.22. The van der Waals surface area contributed by atoms with Gasteiger partial charge in [-0.1, -0.05) is 48.5 Å². The molecule has 0 bridgehead atoms. The zero-order chi connectivity index (χ0) is 18.6. The van der Waals surface area contributed by atoms with Crippen molar-refractivity contribution in [1.82, 2.24) is 9.62 Å². The molecule has 1 N–H and O–H groups in total. The van der Waals surface area contributed by atoms with Crippen molar-refractivity contribution in [2.75, 3.05) is 19.7 Å². The van der Waals surface area contributed by atoms with Crippen LogP contribution in [0.3, 0.4) is 0 Å². The van der Waals surface area contributed by atoms with Gasteiger partial charge in [-0.2, -0.15) is 4.72 Å². The summed E-state index contributed by atoms with van der Waals surface area (Å²) in [6.45, 7) is 2.83. The number of carbonyl (C=O) groups is 1. The van der Waals surface area contributed by atoms with Gasteiger partial charge in [0.2, 0.25) is 15.9 Å². The fraction of sp³-hybridized carbons (Fsp3) is 0.316. The van der Waals surface area contributed by atoms with Crippen molar-refractivity contribution >= 4 is 15.9 Å². The van der Waals surface area contributed by atoms with Crippen molar-refractivity contribution in [3.8, 4) is 0 Å². The maximum atomic E-state index is 12.7. The molecule has 0 radical (unpaired) electrons. The van der Waals surface area contributed by atoms with Crippen LogP contribution in [0.25, 0.3) is 0 Å². The largest absolute Gasteiger partial charge is 0.370 e. The lowest BCUT2D eigenvalue weighted by atomic mass is 10.1. The van der Waals surface area contributed by atoms with Gasteiger partial charge in [0.15, 0.2) is 0 Å². The Balaban J connectivity index is 1.66. The smallest absolute Gasteiger partial charge is 0.241 e. The molecule has 1 heterocycles. The lowest BCUT2D eigenvalue weighted by Gasteiger charge is -2.34. The second-order valence-electron chi connectivity index (χ2n) is 6.21. The summed E-state index contributed by atoms with van der Waals surface area (Å²) >= 11 is 0. The van der Waals surface area contributed by atoms with Gasteiger partial charge < -0.3 is 9.64 Å². The van der Waals surface area contributed by atoms with Crippen molar-refractivity contribution in [3.63, 3.8) is 0 Å². The van der Waals surface area contributed by atoms with E-state index in [0.29, 0.717) is 19.7 Å². The minimum atomic E-state index is -3.74.